The normalized spacial score (nSPS) is 20.0. The van der Waals surface area contributed by atoms with Crippen LogP contribution in [0.4, 0.5) is 23.7 Å². The summed E-state index contributed by atoms with van der Waals surface area (Å²) in [6, 6.07) is 9.27. The first-order chi connectivity index (χ1) is 19.6. The minimum atomic E-state index is -5.82. The van der Waals surface area contributed by atoms with Crippen molar-refractivity contribution < 1.29 is 40.1 Å². The van der Waals surface area contributed by atoms with Crippen molar-refractivity contribution in [2.45, 2.75) is 89.3 Å². The van der Waals surface area contributed by atoms with Crippen molar-refractivity contribution in [1.29, 1.82) is 0 Å². The van der Waals surface area contributed by atoms with E-state index < -0.39 is 33.4 Å². The van der Waals surface area contributed by atoms with Gasteiger partial charge in [-0.2, -0.15) is 21.6 Å². The fourth-order valence-electron chi connectivity index (χ4n) is 6.44. The van der Waals surface area contributed by atoms with Crippen LogP contribution in [0.3, 0.4) is 0 Å². The number of benzene rings is 2. The summed E-state index contributed by atoms with van der Waals surface area (Å²) in [7, 11) is -5.82. The number of rotatable bonds is 5. The number of amides is 2. The Morgan fingerprint density at radius 2 is 1.69 bits per heavy atom. The molecule has 0 unspecified atom stereocenters. The predicted octanol–water partition coefficient (Wildman–Crippen LogP) is 6.58. The number of nitrogens with zero attached hydrogens (tertiary/aromatic N) is 1. The van der Waals surface area contributed by atoms with Gasteiger partial charge in [0.25, 0.3) is 0 Å². The number of carbonyl (C=O) groups is 2. The SMILES string of the molecule is CC(C)(C)OC(=O)N1CCC[C@H]1C(=O)Nc1cccc(-c2ccc(OS(=O)(=O)C(F)(F)F)c3c2CC2(CCCC2)C3)c1. The summed E-state index contributed by atoms with van der Waals surface area (Å²) in [5, 5.41) is 2.90. The van der Waals surface area contributed by atoms with Gasteiger partial charge in [-0.25, -0.2) is 4.79 Å². The van der Waals surface area contributed by atoms with E-state index in [1.165, 1.54) is 11.0 Å². The van der Waals surface area contributed by atoms with Crippen LogP contribution in [0.2, 0.25) is 0 Å². The molecule has 1 N–H and O–H groups in total. The van der Waals surface area contributed by atoms with Crippen LogP contribution in [-0.4, -0.2) is 49.0 Å². The van der Waals surface area contributed by atoms with Crippen LogP contribution < -0.4 is 9.50 Å². The Labute approximate surface area is 243 Å². The number of likely N-dealkylation sites (tertiary alicyclic amines) is 1. The second kappa shape index (κ2) is 10.8. The van der Waals surface area contributed by atoms with Gasteiger partial charge < -0.3 is 14.2 Å². The van der Waals surface area contributed by atoms with Gasteiger partial charge in [0.05, 0.1) is 0 Å². The molecule has 228 valence electrons. The zero-order valence-corrected chi connectivity index (χ0v) is 24.7. The van der Waals surface area contributed by atoms with Crippen LogP contribution in [0.5, 0.6) is 5.75 Å². The molecule has 2 amide bonds. The van der Waals surface area contributed by atoms with E-state index in [1.807, 2.05) is 6.07 Å². The smallest absolute Gasteiger partial charge is 0.444 e. The van der Waals surface area contributed by atoms with Crippen molar-refractivity contribution in [3.05, 3.63) is 47.5 Å². The first kappa shape index (κ1) is 30.2. The lowest BCUT2D eigenvalue weighted by atomic mass is 9.83. The largest absolute Gasteiger partial charge is 0.534 e. The molecule has 0 aromatic heterocycles. The Bertz CT molecular complexity index is 1490. The number of anilines is 1. The highest BCUT2D eigenvalue weighted by Gasteiger charge is 2.50. The van der Waals surface area contributed by atoms with Gasteiger partial charge in [-0.05, 0) is 99.6 Å². The third kappa shape index (κ3) is 6.09. The number of ether oxygens (including phenoxy) is 1. The highest BCUT2D eigenvalue weighted by Crippen LogP contribution is 2.53. The molecule has 2 aromatic rings. The van der Waals surface area contributed by atoms with Crippen LogP contribution in [0.15, 0.2) is 36.4 Å². The average molecular weight is 609 g/mol. The maximum absolute atomic E-state index is 13.2. The van der Waals surface area contributed by atoms with Gasteiger partial charge >= 0.3 is 21.7 Å². The number of fused-ring (bicyclic) bond motifs is 1. The Morgan fingerprint density at radius 1 is 1.00 bits per heavy atom. The molecule has 8 nitrogen and oxygen atoms in total. The first-order valence-electron chi connectivity index (χ1n) is 14.1. The molecule has 12 heteroatoms. The molecule has 2 aromatic carbocycles. The maximum atomic E-state index is 13.2. The minimum absolute atomic E-state index is 0.141. The zero-order chi connectivity index (χ0) is 30.5. The summed E-state index contributed by atoms with van der Waals surface area (Å²) in [5.41, 5.74) is -3.15. The van der Waals surface area contributed by atoms with Gasteiger partial charge in [0.15, 0.2) is 0 Å². The van der Waals surface area contributed by atoms with Crippen molar-refractivity contribution in [1.82, 2.24) is 4.90 Å². The molecule has 3 aliphatic rings. The molecule has 5 rings (SSSR count). The lowest BCUT2D eigenvalue weighted by Gasteiger charge is -2.28. The van der Waals surface area contributed by atoms with E-state index in [4.69, 9.17) is 4.74 Å². The molecule has 0 bridgehead atoms. The van der Waals surface area contributed by atoms with Crippen molar-refractivity contribution >= 4 is 27.8 Å². The lowest BCUT2D eigenvalue weighted by molar-refractivity contribution is -0.120. The van der Waals surface area contributed by atoms with Crippen LogP contribution in [0, 0.1) is 5.41 Å². The highest BCUT2D eigenvalue weighted by molar-refractivity contribution is 7.88. The monoisotopic (exact) mass is 608 g/mol. The van der Waals surface area contributed by atoms with Crippen molar-refractivity contribution in [2.75, 3.05) is 11.9 Å². The van der Waals surface area contributed by atoms with Gasteiger partial charge in [-0.1, -0.05) is 31.0 Å². The molecule has 42 heavy (non-hydrogen) atoms. The second-order valence-corrected chi connectivity index (χ2v) is 14.1. The van der Waals surface area contributed by atoms with Crippen molar-refractivity contribution in [3.8, 4) is 16.9 Å². The van der Waals surface area contributed by atoms with E-state index in [1.54, 1.807) is 45.0 Å². The topological polar surface area (TPSA) is 102 Å². The molecule has 1 aliphatic heterocycles. The lowest BCUT2D eigenvalue weighted by Crippen LogP contribution is -2.45. The van der Waals surface area contributed by atoms with E-state index >= 15 is 0 Å². The predicted molar refractivity (Wildman–Crippen MR) is 150 cm³/mol. The van der Waals surface area contributed by atoms with Gasteiger partial charge in [0, 0.05) is 17.8 Å². The fourth-order valence-corrected chi connectivity index (χ4v) is 6.93. The van der Waals surface area contributed by atoms with Crippen LogP contribution in [-0.2, 0) is 32.5 Å². The second-order valence-electron chi connectivity index (χ2n) is 12.5. The van der Waals surface area contributed by atoms with E-state index in [0.29, 0.717) is 43.5 Å². The quantitative estimate of drug-likeness (QED) is 0.304. The molecule has 2 aliphatic carbocycles. The minimum Gasteiger partial charge on any atom is -0.444 e. The summed E-state index contributed by atoms with van der Waals surface area (Å²) in [4.78, 5) is 27.3. The Kier molecular flexibility index (Phi) is 7.74. The van der Waals surface area contributed by atoms with E-state index in [2.05, 4.69) is 9.50 Å². The van der Waals surface area contributed by atoms with Gasteiger partial charge in [0.2, 0.25) is 5.91 Å². The van der Waals surface area contributed by atoms with Gasteiger partial charge in [-0.15, -0.1) is 0 Å². The van der Waals surface area contributed by atoms with Gasteiger partial charge in [-0.3, -0.25) is 9.69 Å². The molecule has 1 spiro atoms. The molecular formula is C30H35F3N2O6S. The number of carbonyl (C=O) groups excluding carboxylic acids is 2. The van der Waals surface area contributed by atoms with Crippen LogP contribution in [0.25, 0.3) is 11.1 Å². The zero-order valence-electron chi connectivity index (χ0n) is 23.8. The Hall–Kier alpha value is -3.28. The summed E-state index contributed by atoms with van der Waals surface area (Å²) < 4.78 is 73.2. The third-order valence-electron chi connectivity index (χ3n) is 8.26. The number of alkyl halides is 3. The summed E-state index contributed by atoms with van der Waals surface area (Å²) in [6.07, 6.45) is 5.48. The molecule has 1 atom stereocenters. The summed E-state index contributed by atoms with van der Waals surface area (Å²) >= 11 is 0. The molecular weight excluding hydrogens is 573 g/mol. The van der Waals surface area contributed by atoms with Crippen molar-refractivity contribution in [3.63, 3.8) is 0 Å². The van der Waals surface area contributed by atoms with Crippen LogP contribution in [0.1, 0.15) is 70.4 Å². The number of halogens is 3. The molecule has 2 fully saturated rings. The number of nitrogens with one attached hydrogen (secondary N) is 1. The molecule has 0 radical (unpaired) electrons. The third-order valence-corrected chi connectivity index (χ3v) is 9.23. The number of hydrogen-bond acceptors (Lipinski definition) is 6. The van der Waals surface area contributed by atoms with E-state index in [0.717, 1.165) is 42.4 Å². The van der Waals surface area contributed by atoms with Gasteiger partial charge in [0.1, 0.15) is 17.4 Å². The number of hydrogen-bond donors (Lipinski definition) is 1. The Balaban J connectivity index is 1.42. The van der Waals surface area contributed by atoms with Crippen LogP contribution >= 0.6 is 0 Å². The van der Waals surface area contributed by atoms with E-state index in [9.17, 15) is 31.2 Å². The Morgan fingerprint density at radius 3 is 2.36 bits per heavy atom. The maximum Gasteiger partial charge on any atom is 0.534 e. The average Bonchev–Trinajstić information content (AvgIpc) is 3.63. The molecule has 1 saturated heterocycles. The summed E-state index contributed by atoms with van der Waals surface area (Å²) in [6.45, 7) is 5.71. The molecule has 1 saturated carbocycles. The summed E-state index contributed by atoms with van der Waals surface area (Å²) in [5.74, 6) is -0.630. The molecule has 1 heterocycles. The van der Waals surface area contributed by atoms with Crippen molar-refractivity contribution in [2.24, 2.45) is 5.41 Å². The highest BCUT2D eigenvalue weighted by atomic mass is 32.2. The first-order valence-corrected chi connectivity index (χ1v) is 15.5. The fraction of sp³-hybridized carbons (Fsp3) is 0.533. The van der Waals surface area contributed by atoms with E-state index in [-0.39, 0.29) is 17.1 Å². The standard InChI is InChI=1S/C30H35F3N2O6S/c1-28(2,3)40-27(37)35-15-7-10-24(35)26(36)34-20-9-6-8-19(16-20)21-11-12-25(41-42(38,39)30(31,32)33)23-18-29(17-22(21)23)13-4-5-14-29/h6,8-9,11-12,16,24H,4-5,7,10,13-15,17-18H2,1-3H3,(H,34,36)/t24-/m0/s1.